The molecule has 33 heavy (non-hydrogen) atoms. The second kappa shape index (κ2) is 16.1. The molecule has 0 bridgehead atoms. The molecule has 0 atom stereocenters. The molecule has 3 rings (SSSR count). The molecule has 2 aliphatic rings. The van der Waals surface area contributed by atoms with Gasteiger partial charge < -0.3 is 29.9 Å². The van der Waals surface area contributed by atoms with Crippen LogP contribution >= 0.6 is 24.0 Å². The Labute approximate surface area is 215 Å². The molecule has 1 aromatic carbocycles. The fraction of sp³-hybridized carbons (Fsp3) is 0.667. The van der Waals surface area contributed by atoms with E-state index in [1.54, 1.807) is 0 Å². The zero-order valence-corrected chi connectivity index (χ0v) is 22.2. The van der Waals surface area contributed by atoms with E-state index >= 15 is 0 Å². The number of anilines is 1. The molecular formula is C24H40IN5O3. The van der Waals surface area contributed by atoms with Crippen molar-refractivity contribution in [2.45, 2.75) is 26.2 Å². The van der Waals surface area contributed by atoms with Crippen LogP contribution in [0.25, 0.3) is 0 Å². The first-order valence-corrected chi connectivity index (χ1v) is 12.0. The zero-order chi connectivity index (χ0) is 22.4. The summed E-state index contributed by atoms with van der Waals surface area (Å²) in [6.07, 6.45) is 3.11. The summed E-state index contributed by atoms with van der Waals surface area (Å²) in [5, 5.41) is 6.52. The van der Waals surface area contributed by atoms with Crippen LogP contribution in [0.3, 0.4) is 0 Å². The van der Waals surface area contributed by atoms with Gasteiger partial charge in [0.1, 0.15) is 6.54 Å². The van der Waals surface area contributed by atoms with Gasteiger partial charge >= 0.3 is 0 Å². The summed E-state index contributed by atoms with van der Waals surface area (Å²) >= 11 is 0. The van der Waals surface area contributed by atoms with Crippen molar-refractivity contribution in [1.29, 1.82) is 0 Å². The highest BCUT2D eigenvalue weighted by Crippen LogP contribution is 2.16. The maximum absolute atomic E-state index is 12.6. The molecule has 2 heterocycles. The Morgan fingerprint density at radius 1 is 1.12 bits per heavy atom. The monoisotopic (exact) mass is 573 g/mol. The van der Waals surface area contributed by atoms with Crippen LogP contribution in [0.15, 0.2) is 35.3 Å². The van der Waals surface area contributed by atoms with E-state index < -0.39 is 0 Å². The van der Waals surface area contributed by atoms with Gasteiger partial charge in [0, 0.05) is 71.4 Å². The Balaban J connectivity index is 0.00000385. The minimum absolute atomic E-state index is 0. The molecule has 1 aromatic rings. The second-order valence-corrected chi connectivity index (χ2v) is 8.31. The maximum atomic E-state index is 12.6. The molecule has 9 heteroatoms. The largest absolute Gasteiger partial charge is 0.381 e. The number of carbonyl (C=O) groups excluding carboxylic acids is 1. The molecule has 0 spiro atoms. The third kappa shape index (κ3) is 10.1. The number of rotatable bonds is 10. The van der Waals surface area contributed by atoms with E-state index in [4.69, 9.17) is 9.47 Å². The van der Waals surface area contributed by atoms with Gasteiger partial charge in [-0.15, -0.1) is 24.0 Å². The number of guanidine groups is 1. The average molecular weight is 574 g/mol. The van der Waals surface area contributed by atoms with Crippen molar-refractivity contribution < 1.29 is 14.3 Å². The molecule has 0 saturated carbocycles. The maximum Gasteiger partial charge on any atom is 0.244 e. The van der Waals surface area contributed by atoms with Crippen molar-refractivity contribution in [3.8, 4) is 0 Å². The SMILES string of the molecule is CCNC(=NCC(=O)N1CCN(c2ccccc2)CC1)NCCCOCC1CCOCC1.I. The molecule has 186 valence electrons. The molecule has 0 aliphatic carbocycles. The lowest BCUT2D eigenvalue weighted by Gasteiger charge is -2.36. The molecule has 2 saturated heterocycles. The number of aliphatic imine (C=N–C) groups is 1. The highest BCUT2D eigenvalue weighted by molar-refractivity contribution is 14.0. The molecule has 0 aromatic heterocycles. The van der Waals surface area contributed by atoms with Crippen LogP contribution in [0.1, 0.15) is 26.2 Å². The number of benzene rings is 1. The topological polar surface area (TPSA) is 78.4 Å². The number of piperazine rings is 1. The Bertz CT molecular complexity index is 693. The van der Waals surface area contributed by atoms with Crippen LogP contribution in [0, 0.1) is 5.92 Å². The predicted octanol–water partition coefficient (Wildman–Crippen LogP) is 2.34. The van der Waals surface area contributed by atoms with Gasteiger partial charge in [0.2, 0.25) is 5.91 Å². The van der Waals surface area contributed by atoms with Crippen molar-refractivity contribution in [2.75, 3.05) is 77.1 Å². The van der Waals surface area contributed by atoms with Gasteiger partial charge in [0.25, 0.3) is 0 Å². The normalized spacial score (nSPS) is 17.4. The Morgan fingerprint density at radius 3 is 2.55 bits per heavy atom. The number of para-hydroxylation sites is 1. The van der Waals surface area contributed by atoms with E-state index in [1.165, 1.54) is 5.69 Å². The zero-order valence-electron chi connectivity index (χ0n) is 19.8. The highest BCUT2D eigenvalue weighted by atomic mass is 127. The number of nitrogens with zero attached hydrogens (tertiary/aromatic N) is 3. The van der Waals surface area contributed by atoms with Crippen LogP contribution < -0.4 is 15.5 Å². The number of hydrogen-bond donors (Lipinski definition) is 2. The first kappa shape index (κ1) is 27.7. The molecular weight excluding hydrogens is 533 g/mol. The lowest BCUT2D eigenvalue weighted by molar-refractivity contribution is -0.129. The third-order valence-corrected chi connectivity index (χ3v) is 5.92. The van der Waals surface area contributed by atoms with E-state index in [1.807, 2.05) is 17.9 Å². The fourth-order valence-corrected chi connectivity index (χ4v) is 3.99. The van der Waals surface area contributed by atoms with Crippen molar-refractivity contribution in [3.63, 3.8) is 0 Å². The van der Waals surface area contributed by atoms with Gasteiger partial charge in [0.15, 0.2) is 5.96 Å². The van der Waals surface area contributed by atoms with Crippen LogP contribution in [0.5, 0.6) is 0 Å². The Kier molecular flexibility index (Phi) is 13.5. The van der Waals surface area contributed by atoms with Gasteiger partial charge in [-0.3, -0.25) is 4.79 Å². The highest BCUT2D eigenvalue weighted by Gasteiger charge is 2.21. The van der Waals surface area contributed by atoms with Crippen molar-refractivity contribution in [2.24, 2.45) is 10.9 Å². The van der Waals surface area contributed by atoms with E-state index in [-0.39, 0.29) is 36.4 Å². The number of ether oxygens (including phenoxy) is 2. The van der Waals surface area contributed by atoms with E-state index in [9.17, 15) is 4.79 Å². The summed E-state index contributed by atoms with van der Waals surface area (Å²) in [6.45, 7) is 10.2. The number of halogens is 1. The second-order valence-electron chi connectivity index (χ2n) is 8.31. The van der Waals surface area contributed by atoms with Gasteiger partial charge in [-0.05, 0) is 44.2 Å². The summed E-state index contributed by atoms with van der Waals surface area (Å²) < 4.78 is 11.2. The van der Waals surface area contributed by atoms with Gasteiger partial charge in [-0.25, -0.2) is 4.99 Å². The van der Waals surface area contributed by atoms with Crippen molar-refractivity contribution in [1.82, 2.24) is 15.5 Å². The number of amides is 1. The average Bonchev–Trinajstić information content (AvgIpc) is 2.85. The predicted molar refractivity (Wildman–Crippen MR) is 144 cm³/mol. The summed E-state index contributed by atoms with van der Waals surface area (Å²) in [6, 6.07) is 10.4. The number of hydrogen-bond acceptors (Lipinski definition) is 5. The lowest BCUT2D eigenvalue weighted by Crippen LogP contribution is -2.49. The first-order chi connectivity index (χ1) is 15.8. The van der Waals surface area contributed by atoms with Crippen LogP contribution in [-0.2, 0) is 14.3 Å². The van der Waals surface area contributed by atoms with Gasteiger partial charge in [0.05, 0.1) is 0 Å². The molecule has 8 nitrogen and oxygen atoms in total. The first-order valence-electron chi connectivity index (χ1n) is 12.0. The Morgan fingerprint density at radius 2 is 1.85 bits per heavy atom. The van der Waals surface area contributed by atoms with Crippen LogP contribution in [0.4, 0.5) is 5.69 Å². The molecule has 0 radical (unpaired) electrons. The van der Waals surface area contributed by atoms with Crippen LogP contribution in [0.2, 0.25) is 0 Å². The van der Waals surface area contributed by atoms with E-state index in [0.717, 1.165) is 85.0 Å². The van der Waals surface area contributed by atoms with Gasteiger partial charge in [-0.1, -0.05) is 18.2 Å². The van der Waals surface area contributed by atoms with Gasteiger partial charge in [-0.2, -0.15) is 0 Å². The van der Waals surface area contributed by atoms with Crippen LogP contribution in [-0.4, -0.2) is 89.0 Å². The molecule has 2 fully saturated rings. The summed E-state index contributed by atoms with van der Waals surface area (Å²) in [5.74, 6) is 1.40. The summed E-state index contributed by atoms with van der Waals surface area (Å²) in [4.78, 5) is 21.4. The minimum atomic E-state index is 0. The summed E-state index contributed by atoms with van der Waals surface area (Å²) in [5.41, 5.74) is 1.22. The summed E-state index contributed by atoms with van der Waals surface area (Å²) in [7, 11) is 0. The number of carbonyl (C=O) groups is 1. The minimum Gasteiger partial charge on any atom is -0.381 e. The van der Waals surface area contributed by atoms with Crippen molar-refractivity contribution >= 4 is 41.5 Å². The standard InChI is InChI=1S/C24H39N5O3.HI/c1-2-25-24(26-11-6-16-32-20-21-9-17-31-18-10-21)27-19-23(30)29-14-12-28(13-15-29)22-7-4-3-5-8-22;/h3-5,7-8,21H,2,6,9-20H2,1H3,(H2,25,26,27);1H. The fourth-order valence-electron chi connectivity index (χ4n) is 3.99. The molecule has 0 unspecified atom stereocenters. The molecule has 1 amide bonds. The van der Waals surface area contributed by atoms with E-state index in [0.29, 0.717) is 11.9 Å². The number of nitrogens with one attached hydrogen (secondary N) is 2. The van der Waals surface area contributed by atoms with Crippen molar-refractivity contribution in [3.05, 3.63) is 30.3 Å². The third-order valence-electron chi connectivity index (χ3n) is 5.92. The quantitative estimate of drug-likeness (QED) is 0.194. The smallest absolute Gasteiger partial charge is 0.244 e. The molecule has 2 aliphatic heterocycles. The lowest BCUT2D eigenvalue weighted by atomic mass is 10.0. The van der Waals surface area contributed by atoms with E-state index in [2.05, 4.69) is 44.8 Å². The molecule has 2 N–H and O–H groups in total. The Hall–Kier alpha value is -1.59.